The van der Waals surface area contributed by atoms with Gasteiger partial charge < -0.3 is 19.7 Å². The van der Waals surface area contributed by atoms with Gasteiger partial charge in [0.2, 0.25) is 0 Å². The Hall–Kier alpha value is -1.80. The Morgan fingerprint density at radius 3 is 2.61 bits per heavy atom. The number of anilines is 1. The zero-order valence-electron chi connectivity index (χ0n) is 19.0. The minimum Gasteiger partial charge on any atom is -0.493 e. The maximum atomic E-state index is 12.4. The maximum absolute atomic E-state index is 12.4. The summed E-state index contributed by atoms with van der Waals surface area (Å²) in [5, 5.41) is 4.01. The smallest absolute Gasteiger partial charge is 0.329 e. The van der Waals surface area contributed by atoms with Crippen LogP contribution in [-0.4, -0.2) is 50.0 Å². The highest BCUT2D eigenvalue weighted by Gasteiger charge is 2.50. The Labute approximate surface area is 209 Å². The van der Waals surface area contributed by atoms with Gasteiger partial charge in [0.15, 0.2) is 11.5 Å². The first-order valence-electron chi connectivity index (χ1n) is 11.0. The quantitative estimate of drug-likeness (QED) is 0.469. The van der Waals surface area contributed by atoms with E-state index in [1.54, 1.807) is 32.4 Å². The molecular formula is C24H29Cl2N3O3S. The van der Waals surface area contributed by atoms with Crippen LogP contribution in [0.2, 0.25) is 10.0 Å². The molecule has 1 aliphatic heterocycles. The molecule has 2 aromatic rings. The normalized spacial score (nSPS) is 24.8. The van der Waals surface area contributed by atoms with E-state index < -0.39 is 0 Å². The number of likely N-dealkylation sites (tertiary alicyclic amines) is 1. The van der Waals surface area contributed by atoms with Gasteiger partial charge in [-0.25, -0.2) is 4.79 Å². The fourth-order valence-corrected chi connectivity index (χ4v) is 6.34. The number of carbonyl (C=O) groups is 1. The van der Waals surface area contributed by atoms with E-state index in [0.717, 1.165) is 43.7 Å². The van der Waals surface area contributed by atoms with Gasteiger partial charge in [-0.15, -0.1) is 0 Å². The van der Waals surface area contributed by atoms with Crippen molar-refractivity contribution < 1.29 is 14.3 Å². The number of ether oxygens (including phenoxy) is 2. The van der Waals surface area contributed by atoms with Crippen molar-refractivity contribution in [3.63, 3.8) is 0 Å². The second kappa shape index (κ2) is 10.2. The largest absolute Gasteiger partial charge is 0.493 e. The lowest BCUT2D eigenvalue weighted by Crippen LogP contribution is -2.47. The van der Waals surface area contributed by atoms with Crippen LogP contribution >= 0.6 is 35.1 Å². The Morgan fingerprint density at radius 1 is 1.09 bits per heavy atom. The van der Waals surface area contributed by atoms with Crippen LogP contribution in [0.1, 0.15) is 31.2 Å². The van der Waals surface area contributed by atoms with Gasteiger partial charge in [0, 0.05) is 22.4 Å². The molecule has 2 aromatic carbocycles. The van der Waals surface area contributed by atoms with Crippen molar-refractivity contribution in [2.24, 2.45) is 0 Å². The molecule has 2 N–H and O–H groups in total. The minimum atomic E-state index is -0.269. The highest BCUT2D eigenvalue weighted by molar-refractivity contribution is 7.98. The van der Waals surface area contributed by atoms with E-state index in [4.69, 9.17) is 32.7 Å². The Morgan fingerprint density at radius 2 is 1.88 bits per heavy atom. The van der Waals surface area contributed by atoms with Crippen molar-refractivity contribution in [1.82, 2.24) is 9.62 Å². The molecule has 33 heavy (non-hydrogen) atoms. The van der Waals surface area contributed by atoms with E-state index in [1.807, 2.05) is 6.07 Å². The number of methoxy groups -OCH3 is 2. The van der Waals surface area contributed by atoms with Gasteiger partial charge in [-0.05, 0) is 87.1 Å². The standard InChI is InChI=1S/C24H29Cl2N3O3S/c1-29-11-10-24(15-4-7-20(31-2)21(12-15)32-3)9-8-17(14-22(24)29)33-28-23(30)27-16-5-6-18(25)19(26)13-16/h4-7,12-13,17,22H,8-11,14H2,1-3H3,(H2,27,28,30). The van der Waals surface area contributed by atoms with Gasteiger partial charge in [0.1, 0.15) is 0 Å². The number of benzene rings is 2. The molecule has 0 radical (unpaired) electrons. The molecule has 1 saturated carbocycles. The van der Waals surface area contributed by atoms with E-state index in [9.17, 15) is 4.79 Å². The summed E-state index contributed by atoms with van der Waals surface area (Å²) >= 11 is 13.5. The fourth-order valence-electron chi connectivity index (χ4n) is 5.20. The van der Waals surface area contributed by atoms with Crippen LogP contribution < -0.4 is 19.5 Å². The molecule has 1 aliphatic carbocycles. The van der Waals surface area contributed by atoms with Crippen molar-refractivity contribution in [3.8, 4) is 11.5 Å². The number of hydrogen-bond acceptors (Lipinski definition) is 5. The molecule has 2 aliphatic rings. The molecule has 2 fully saturated rings. The monoisotopic (exact) mass is 509 g/mol. The molecule has 6 nitrogen and oxygen atoms in total. The predicted molar refractivity (Wildman–Crippen MR) is 136 cm³/mol. The summed E-state index contributed by atoms with van der Waals surface area (Å²) in [5.41, 5.74) is 2.01. The first-order valence-corrected chi connectivity index (χ1v) is 12.6. The molecular weight excluding hydrogens is 481 g/mol. The Balaban J connectivity index is 1.41. The highest BCUT2D eigenvalue weighted by atomic mass is 35.5. The SMILES string of the molecule is COc1ccc(C23CCC(SNC(=O)Nc4ccc(Cl)c(Cl)c4)CC2N(C)CC3)cc1OC. The van der Waals surface area contributed by atoms with E-state index in [2.05, 4.69) is 34.1 Å². The number of likely N-dealkylation sites (N-methyl/N-ethyl adjacent to an activating group) is 1. The minimum absolute atomic E-state index is 0.0909. The van der Waals surface area contributed by atoms with Crippen molar-refractivity contribution >= 4 is 46.9 Å². The van der Waals surface area contributed by atoms with Crippen LogP contribution in [0.15, 0.2) is 36.4 Å². The number of carbonyl (C=O) groups excluding carboxylic acids is 1. The maximum Gasteiger partial charge on any atom is 0.329 e. The summed E-state index contributed by atoms with van der Waals surface area (Å²) in [6.07, 6.45) is 4.20. The lowest BCUT2D eigenvalue weighted by atomic mass is 9.66. The van der Waals surface area contributed by atoms with Gasteiger partial charge >= 0.3 is 6.03 Å². The number of halogens is 2. The second-order valence-corrected chi connectivity index (χ2v) is 10.6. The lowest BCUT2D eigenvalue weighted by Gasteiger charge is -2.44. The number of hydrogen-bond donors (Lipinski definition) is 2. The van der Waals surface area contributed by atoms with Crippen LogP contribution in [0.25, 0.3) is 0 Å². The molecule has 9 heteroatoms. The number of rotatable bonds is 6. The number of nitrogens with one attached hydrogen (secondary N) is 2. The van der Waals surface area contributed by atoms with Crippen molar-refractivity contribution in [3.05, 3.63) is 52.0 Å². The van der Waals surface area contributed by atoms with E-state index in [-0.39, 0.29) is 11.4 Å². The van der Waals surface area contributed by atoms with Crippen molar-refractivity contribution in [1.29, 1.82) is 0 Å². The zero-order valence-corrected chi connectivity index (χ0v) is 21.3. The number of nitrogens with zero attached hydrogens (tertiary/aromatic N) is 1. The molecule has 3 unspecified atom stereocenters. The summed E-state index contributed by atoms with van der Waals surface area (Å²) in [6.45, 7) is 1.06. The molecule has 3 atom stereocenters. The van der Waals surface area contributed by atoms with Crippen LogP contribution in [0, 0.1) is 0 Å². The molecule has 1 saturated heterocycles. The third-order valence-corrected chi connectivity index (χ3v) is 8.74. The number of urea groups is 1. The Kier molecular flexibility index (Phi) is 7.53. The van der Waals surface area contributed by atoms with E-state index in [1.165, 1.54) is 17.5 Å². The summed E-state index contributed by atoms with van der Waals surface area (Å²) in [7, 11) is 5.54. The number of fused-ring (bicyclic) bond motifs is 1. The predicted octanol–water partition coefficient (Wildman–Crippen LogP) is 5.97. The average molecular weight is 510 g/mol. The fraction of sp³-hybridized carbons (Fsp3) is 0.458. The van der Waals surface area contributed by atoms with E-state index in [0.29, 0.717) is 27.0 Å². The lowest BCUT2D eigenvalue weighted by molar-refractivity contribution is 0.185. The van der Waals surface area contributed by atoms with Crippen LogP contribution in [-0.2, 0) is 5.41 Å². The van der Waals surface area contributed by atoms with Gasteiger partial charge in [-0.2, -0.15) is 0 Å². The highest BCUT2D eigenvalue weighted by Crippen LogP contribution is 2.51. The molecule has 2 amide bonds. The van der Waals surface area contributed by atoms with E-state index >= 15 is 0 Å². The van der Waals surface area contributed by atoms with Gasteiger partial charge in [0.25, 0.3) is 0 Å². The second-order valence-electron chi connectivity index (χ2n) is 8.67. The first-order chi connectivity index (χ1) is 15.9. The zero-order chi connectivity index (χ0) is 23.6. The molecule has 0 bridgehead atoms. The molecule has 0 spiro atoms. The number of amides is 2. The van der Waals surface area contributed by atoms with Crippen LogP contribution in [0.5, 0.6) is 11.5 Å². The topological polar surface area (TPSA) is 62.8 Å². The van der Waals surface area contributed by atoms with Crippen LogP contribution in [0.4, 0.5) is 10.5 Å². The Bertz CT molecular complexity index is 1020. The third-order valence-electron chi connectivity index (χ3n) is 6.93. The molecule has 4 rings (SSSR count). The van der Waals surface area contributed by atoms with Gasteiger partial charge in [-0.3, -0.25) is 4.72 Å². The summed E-state index contributed by atoms with van der Waals surface area (Å²) in [5.74, 6) is 1.52. The van der Waals surface area contributed by atoms with Crippen molar-refractivity contribution in [2.75, 3.05) is 33.1 Å². The summed E-state index contributed by atoms with van der Waals surface area (Å²) in [4.78, 5) is 14.9. The van der Waals surface area contributed by atoms with Gasteiger partial charge in [-0.1, -0.05) is 29.3 Å². The summed E-state index contributed by atoms with van der Waals surface area (Å²) in [6, 6.07) is 11.5. The summed E-state index contributed by atoms with van der Waals surface area (Å²) < 4.78 is 14.0. The van der Waals surface area contributed by atoms with Crippen molar-refractivity contribution in [2.45, 2.75) is 42.4 Å². The van der Waals surface area contributed by atoms with Gasteiger partial charge in [0.05, 0.1) is 24.3 Å². The first kappa shape index (κ1) is 24.3. The van der Waals surface area contributed by atoms with Crippen LogP contribution in [0.3, 0.4) is 0 Å². The molecule has 1 heterocycles. The molecule has 178 valence electrons. The molecule has 0 aromatic heterocycles. The average Bonchev–Trinajstić information content (AvgIpc) is 3.16. The third kappa shape index (κ3) is 5.02.